The third kappa shape index (κ3) is 27.6. The van der Waals surface area contributed by atoms with Crippen LogP contribution in [0.4, 0.5) is 0 Å². The van der Waals surface area contributed by atoms with E-state index in [1.807, 2.05) is 0 Å². The number of hydrogen-bond donors (Lipinski definition) is 0. The maximum absolute atomic E-state index is 9.54. The molecular weight excluding hydrogens is 350 g/mol. The molecule has 0 aliphatic heterocycles. The van der Waals surface area contributed by atoms with E-state index in [-0.39, 0.29) is 44.3 Å². The summed E-state index contributed by atoms with van der Waals surface area (Å²) in [4.78, 5) is 9.54. The van der Waals surface area contributed by atoms with Crippen molar-refractivity contribution < 1.29 is 26.0 Å². The maximum atomic E-state index is 9.54. The molecule has 3 radical (unpaired) electrons. The molecule has 0 rings (SSSR count). The predicted molar refractivity (Wildman–Crippen MR) is 31.7 cm³/mol. The number of unbranched alkanes of at least 4 members (excludes halogenated alkanes) is 2. The van der Waals surface area contributed by atoms with Crippen LogP contribution in [-0.4, -0.2) is 32.1 Å². The second-order valence-electron chi connectivity index (χ2n) is 1.16. The van der Waals surface area contributed by atoms with Crippen molar-refractivity contribution in [2.75, 3.05) is 0 Å². The minimum absolute atomic E-state index is 0. The summed E-state index contributed by atoms with van der Waals surface area (Å²) in [7, 11) is 0. The second kappa shape index (κ2) is 23.1. The van der Waals surface area contributed by atoms with E-state index in [1.165, 1.54) is 0 Å². The molecule has 0 aromatic heterocycles. The Hall–Kier alpha value is 0.976. The molecular formula is C5H9O2PbV-. The first-order chi connectivity index (χ1) is 3.91. The van der Waals surface area contributed by atoms with Gasteiger partial charge < -0.3 is 11.7 Å². The van der Waals surface area contributed by atoms with Gasteiger partial charge in [0, 0.05) is 25.0 Å². The van der Waals surface area contributed by atoms with Gasteiger partial charge in [0.05, 0.1) is 0 Å². The van der Waals surface area contributed by atoms with Crippen molar-refractivity contribution in [1.82, 2.24) is 0 Å². The van der Waals surface area contributed by atoms with Crippen LogP contribution in [0, 0.1) is 6.92 Å². The summed E-state index contributed by atoms with van der Waals surface area (Å²) >= 11 is 0.0556. The molecule has 9 heavy (non-hydrogen) atoms. The number of hydrogen-bond acceptors (Lipinski definition) is 2. The van der Waals surface area contributed by atoms with Crippen molar-refractivity contribution in [2.24, 2.45) is 0 Å². The van der Waals surface area contributed by atoms with E-state index >= 15 is 0 Å². The molecule has 0 fully saturated rings. The molecule has 0 saturated heterocycles. The number of carbonyl (C=O) groups excluding carboxylic acids is 1. The van der Waals surface area contributed by atoms with Crippen molar-refractivity contribution in [1.29, 1.82) is 0 Å². The third-order valence-electron chi connectivity index (χ3n) is 0.572. The zero-order chi connectivity index (χ0) is 6.83. The molecule has 0 heterocycles. The number of aldehydes is 1. The fourth-order valence-corrected chi connectivity index (χ4v) is 0.228. The molecule has 0 saturated carbocycles. The van der Waals surface area contributed by atoms with Crippen LogP contribution in [0.3, 0.4) is 0 Å². The van der Waals surface area contributed by atoms with Crippen molar-refractivity contribution >= 4 is 32.1 Å². The molecule has 4 heteroatoms. The Morgan fingerprint density at radius 1 is 1.44 bits per heavy atom. The molecule has 0 bridgehead atoms. The quantitative estimate of drug-likeness (QED) is 0.322. The molecule has 2 nitrogen and oxygen atoms in total. The van der Waals surface area contributed by atoms with E-state index in [2.05, 4.69) is 6.92 Å². The minimum atomic E-state index is 0. The van der Waals surface area contributed by atoms with Crippen LogP contribution in [0.25, 0.3) is 0 Å². The largest absolute Gasteiger partial charge is 0 e. The van der Waals surface area contributed by atoms with E-state index in [0.717, 1.165) is 19.1 Å². The van der Waals surface area contributed by atoms with Crippen LogP contribution in [0.2, 0.25) is 0 Å². The van der Waals surface area contributed by atoms with Crippen LogP contribution in [0.5, 0.6) is 0 Å². The van der Waals surface area contributed by atoms with Gasteiger partial charge in [0.25, 0.3) is 0 Å². The van der Waals surface area contributed by atoms with Gasteiger partial charge in [-0.1, -0.05) is 6.42 Å². The minimum Gasteiger partial charge on any atom is 0 e. The molecule has 0 aliphatic rings. The summed E-state index contributed by atoms with van der Waals surface area (Å²) in [5, 5.41) is 0. The average Bonchev–Trinajstić information content (AvgIpc) is 1.88. The zero-order valence-electron chi connectivity index (χ0n) is 5.17. The van der Waals surface area contributed by atoms with Gasteiger partial charge >= 0.3 is 28.5 Å². The molecule has 0 amide bonds. The zero-order valence-corrected chi connectivity index (χ0v) is 10.5. The van der Waals surface area contributed by atoms with E-state index in [1.54, 1.807) is 0 Å². The second-order valence-corrected chi connectivity index (χ2v) is 1.16. The molecule has 0 unspecified atom stereocenters. The first-order valence-electron chi connectivity index (χ1n) is 2.35. The SMILES string of the molecule is [CH2-]CCCC=O.[O]=[Pb].[V]. The smallest absolute Gasteiger partial charge is 0 e. The van der Waals surface area contributed by atoms with Gasteiger partial charge in [-0.2, -0.15) is 6.42 Å². The Labute approximate surface area is 83.8 Å². The van der Waals surface area contributed by atoms with Crippen molar-refractivity contribution in [3.63, 3.8) is 0 Å². The van der Waals surface area contributed by atoms with Gasteiger partial charge in [0.1, 0.15) is 6.29 Å². The standard InChI is InChI=1S/C5H9O.O.Pb.V/c1-2-3-4-5-6;;;/h5H,1-4H2;;;/q-1;;;. The van der Waals surface area contributed by atoms with Gasteiger partial charge in [-0.3, -0.25) is 0 Å². The molecule has 51 valence electrons. The Morgan fingerprint density at radius 2 is 1.89 bits per heavy atom. The van der Waals surface area contributed by atoms with Gasteiger partial charge in [0.2, 0.25) is 0 Å². The van der Waals surface area contributed by atoms with E-state index in [0.29, 0.717) is 6.42 Å². The van der Waals surface area contributed by atoms with Crippen LogP contribution in [-0.2, 0) is 26.0 Å². The summed E-state index contributed by atoms with van der Waals surface area (Å²) in [6.45, 7) is 3.56. The molecule has 0 aromatic rings. The Bertz CT molecular complexity index is 52.2. The molecule has 0 spiro atoms. The Kier molecular flexibility index (Phi) is 42.3. The van der Waals surface area contributed by atoms with Crippen molar-refractivity contribution in [3.8, 4) is 0 Å². The first kappa shape index (κ1) is 16.5. The Balaban J connectivity index is -0.000000109. The first-order valence-corrected chi connectivity index (χ1v) is 3.94. The van der Waals surface area contributed by atoms with Crippen LogP contribution < -0.4 is 0 Å². The van der Waals surface area contributed by atoms with Gasteiger partial charge in [-0.25, -0.2) is 0 Å². The fraction of sp³-hybridized carbons (Fsp3) is 0.600. The molecule has 0 atom stereocenters. The number of carbonyl (C=O) groups is 1. The van der Waals surface area contributed by atoms with E-state index < -0.39 is 0 Å². The van der Waals surface area contributed by atoms with Crippen molar-refractivity contribution in [3.05, 3.63) is 6.92 Å². The van der Waals surface area contributed by atoms with Gasteiger partial charge in [-0.05, 0) is 0 Å². The third-order valence-corrected chi connectivity index (χ3v) is 0.572. The van der Waals surface area contributed by atoms with E-state index in [4.69, 9.17) is 2.69 Å². The summed E-state index contributed by atoms with van der Waals surface area (Å²) in [5.41, 5.74) is 0. The average molecular weight is 359 g/mol. The summed E-state index contributed by atoms with van der Waals surface area (Å²) in [6.07, 6.45) is 3.40. The van der Waals surface area contributed by atoms with E-state index in [9.17, 15) is 4.79 Å². The predicted octanol–water partition coefficient (Wildman–Crippen LogP) is 0.688. The van der Waals surface area contributed by atoms with Crippen molar-refractivity contribution in [2.45, 2.75) is 19.3 Å². The van der Waals surface area contributed by atoms with Crippen LogP contribution in [0.15, 0.2) is 0 Å². The number of rotatable bonds is 3. The maximum Gasteiger partial charge on any atom is 0 e. The topological polar surface area (TPSA) is 34.1 Å². The molecule has 0 aliphatic carbocycles. The molecule has 0 aromatic carbocycles. The molecule has 0 N–H and O–H groups in total. The Morgan fingerprint density at radius 3 is 2.00 bits per heavy atom. The van der Waals surface area contributed by atoms with Gasteiger partial charge in [-0.15, -0.1) is 0 Å². The summed E-state index contributed by atoms with van der Waals surface area (Å²) in [5.74, 6) is 0. The summed E-state index contributed by atoms with van der Waals surface area (Å²) in [6, 6.07) is 0. The normalized spacial score (nSPS) is 5.89. The summed E-state index contributed by atoms with van der Waals surface area (Å²) < 4.78 is 8.39. The van der Waals surface area contributed by atoms with Crippen LogP contribution in [0.1, 0.15) is 19.3 Å². The van der Waals surface area contributed by atoms with Gasteiger partial charge in [0.15, 0.2) is 0 Å². The van der Waals surface area contributed by atoms with Crippen LogP contribution >= 0.6 is 0 Å². The monoisotopic (exact) mass is 360 g/mol. The fourth-order valence-electron chi connectivity index (χ4n) is 0.228.